The highest BCUT2D eigenvalue weighted by Crippen LogP contribution is 2.15. The zero-order valence-electron chi connectivity index (χ0n) is 13.0. The summed E-state index contributed by atoms with van der Waals surface area (Å²) in [7, 11) is 0. The van der Waals surface area contributed by atoms with Crippen LogP contribution in [0.3, 0.4) is 0 Å². The lowest BCUT2D eigenvalue weighted by atomic mass is 10.1. The lowest BCUT2D eigenvalue weighted by Crippen LogP contribution is -2.20. The topological polar surface area (TPSA) is 47.2 Å². The van der Waals surface area contributed by atoms with Gasteiger partial charge in [0, 0.05) is 4.47 Å². The molecule has 1 heterocycles. The molecule has 3 rings (SSSR count). The number of halogens is 1. The van der Waals surface area contributed by atoms with Crippen molar-refractivity contribution in [1.29, 1.82) is 0 Å². The standard InChI is InChI=1S/C18H16BrN3O/c1-3-13-4-6-14(7-5-13)11-20-22-12(2)21-17-9-8-15(19)10-16(17)18(22)23/h4-11H,3H2,1-2H3. The Labute approximate surface area is 142 Å². The molecule has 0 amide bonds. The third kappa shape index (κ3) is 3.24. The Hall–Kier alpha value is -2.27. The van der Waals surface area contributed by atoms with Gasteiger partial charge in [-0.05, 0) is 42.7 Å². The summed E-state index contributed by atoms with van der Waals surface area (Å²) in [6.07, 6.45) is 2.68. The molecule has 0 radical (unpaired) electrons. The second-order valence-electron chi connectivity index (χ2n) is 5.28. The number of aromatic nitrogens is 2. The molecule has 0 fully saturated rings. The Balaban J connectivity index is 2.05. The van der Waals surface area contributed by atoms with Crippen LogP contribution in [-0.2, 0) is 6.42 Å². The molecular formula is C18H16BrN3O. The van der Waals surface area contributed by atoms with E-state index in [9.17, 15) is 4.79 Å². The second kappa shape index (κ2) is 6.46. The highest BCUT2D eigenvalue weighted by molar-refractivity contribution is 9.10. The van der Waals surface area contributed by atoms with Gasteiger partial charge >= 0.3 is 0 Å². The molecule has 0 unspecified atom stereocenters. The molecule has 116 valence electrons. The fourth-order valence-electron chi connectivity index (χ4n) is 2.36. The Morgan fingerprint density at radius 3 is 2.65 bits per heavy atom. The van der Waals surface area contributed by atoms with Crippen molar-refractivity contribution in [2.24, 2.45) is 5.10 Å². The van der Waals surface area contributed by atoms with E-state index in [0.29, 0.717) is 16.7 Å². The summed E-state index contributed by atoms with van der Waals surface area (Å²) in [6.45, 7) is 3.89. The van der Waals surface area contributed by atoms with Gasteiger partial charge in [-0.2, -0.15) is 9.78 Å². The van der Waals surface area contributed by atoms with Gasteiger partial charge in [-0.1, -0.05) is 47.1 Å². The van der Waals surface area contributed by atoms with Crippen LogP contribution in [-0.4, -0.2) is 15.9 Å². The van der Waals surface area contributed by atoms with Gasteiger partial charge in [-0.25, -0.2) is 4.98 Å². The fourth-order valence-corrected chi connectivity index (χ4v) is 2.72. The first-order chi connectivity index (χ1) is 11.1. The number of hydrogen-bond donors (Lipinski definition) is 0. The van der Waals surface area contributed by atoms with E-state index in [1.54, 1.807) is 19.2 Å². The van der Waals surface area contributed by atoms with Gasteiger partial charge in [0.25, 0.3) is 5.56 Å². The molecule has 23 heavy (non-hydrogen) atoms. The van der Waals surface area contributed by atoms with Crippen molar-refractivity contribution in [2.75, 3.05) is 0 Å². The molecule has 2 aromatic carbocycles. The Kier molecular flexibility index (Phi) is 4.39. The highest BCUT2D eigenvalue weighted by atomic mass is 79.9. The quantitative estimate of drug-likeness (QED) is 0.657. The number of aryl methyl sites for hydroxylation is 2. The van der Waals surface area contributed by atoms with Crippen LogP contribution in [0.1, 0.15) is 23.9 Å². The molecule has 0 saturated heterocycles. The predicted molar refractivity (Wildman–Crippen MR) is 97.3 cm³/mol. The minimum absolute atomic E-state index is 0.171. The van der Waals surface area contributed by atoms with Crippen LogP contribution >= 0.6 is 15.9 Å². The van der Waals surface area contributed by atoms with Crippen molar-refractivity contribution in [1.82, 2.24) is 9.66 Å². The van der Waals surface area contributed by atoms with Crippen molar-refractivity contribution in [3.05, 3.63) is 74.2 Å². The predicted octanol–water partition coefficient (Wildman–Crippen LogP) is 3.91. The van der Waals surface area contributed by atoms with E-state index >= 15 is 0 Å². The molecule has 0 atom stereocenters. The van der Waals surface area contributed by atoms with Crippen molar-refractivity contribution in [2.45, 2.75) is 20.3 Å². The molecule has 4 nitrogen and oxygen atoms in total. The largest absolute Gasteiger partial charge is 0.282 e. The SMILES string of the molecule is CCc1ccc(C=Nn2c(C)nc3ccc(Br)cc3c2=O)cc1. The molecule has 1 aromatic heterocycles. The third-order valence-corrected chi connectivity index (χ3v) is 4.17. The van der Waals surface area contributed by atoms with Crippen molar-refractivity contribution < 1.29 is 0 Å². The first-order valence-corrected chi connectivity index (χ1v) is 8.20. The minimum atomic E-state index is -0.171. The lowest BCUT2D eigenvalue weighted by molar-refractivity contribution is 0.771. The second-order valence-corrected chi connectivity index (χ2v) is 6.19. The molecule has 0 bridgehead atoms. The Bertz CT molecular complexity index is 943. The maximum absolute atomic E-state index is 12.6. The zero-order chi connectivity index (χ0) is 16.4. The molecule has 0 spiro atoms. The van der Waals surface area contributed by atoms with Crippen LogP contribution in [0.5, 0.6) is 0 Å². The molecule has 0 aliphatic heterocycles. The lowest BCUT2D eigenvalue weighted by Gasteiger charge is -2.05. The third-order valence-electron chi connectivity index (χ3n) is 3.68. The number of benzene rings is 2. The molecule has 5 heteroatoms. The summed E-state index contributed by atoms with van der Waals surface area (Å²) < 4.78 is 2.18. The monoisotopic (exact) mass is 369 g/mol. The Morgan fingerprint density at radius 2 is 1.96 bits per heavy atom. The van der Waals surface area contributed by atoms with E-state index in [1.165, 1.54) is 10.2 Å². The Morgan fingerprint density at radius 1 is 1.22 bits per heavy atom. The maximum Gasteiger partial charge on any atom is 0.282 e. The minimum Gasteiger partial charge on any atom is -0.267 e. The zero-order valence-corrected chi connectivity index (χ0v) is 14.5. The molecule has 0 aliphatic carbocycles. The van der Waals surface area contributed by atoms with Gasteiger partial charge in [-0.3, -0.25) is 4.79 Å². The summed E-state index contributed by atoms with van der Waals surface area (Å²) in [5.74, 6) is 0.561. The molecular weight excluding hydrogens is 354 g/mol. The van der Waals surface area contributed by atoms with E-state index in [1.807, 2.05) is 24.3 Å². The van der Waals surface area contributed by atoms with Gasteiger partial charge in [0.15, 0.2) is 0 Å². The summed E-state index contributed by atoms with van der Waals surface area (Å²) in [5.41, 5.74) is 2.72. The van der Waals surface area contributed by atoms with Crippen LogP contribution in [0.2, 0.25) is 0 Å². The summed E-state index contributed by atoms with van der Waals surface area (Å²) in [5, 5.41) is 4.86. The maximum atomic E-state index is 12.6. The fraction of sp³-hybridized carbons (Fsp3) is 0.167. The van der Waals surface area contributed by atoms with Gasteiger partial charge in [-0.15, -0.1) is 0 Å². The molecule has 0 saturated carbocycles. The van der Waals surface area contributed by atoms with Crippen LogP contribution in [0.4, 0.5) is 0 Å². The van der Waals surface area contributed by atoms with Gasteiger partial charge in [0.05, 0.1) is 17.1 Å². The van der Waals surface area contributed by atoms with Gasteiger partial charge in [0.2, 0.25) is 0 Å². The van der Waals surface area contributed by atoms with Crippen molar-refractivity contribution in [3.8, 4) is 0 Å². The molecule has 0 N–H and O–H groups in total. The number of rotatable bonds is 3. The van der Waals surface area contributed by atoms with E-state index < -0.39 is 0 Å². The first-order valence-electron chi connectivity index (χ1n) is 7.40. The van der Waals surface area contributed by atoms with Crippen molar-refractivity contribution in [3.63, 3.8) is 0 Å². The van der Waals surface area contributed by atoms with E-state index in [2.05, 4.69) is 45.1 Å². The van der Waals surface area contributed by atoms with Crippen LogP contribution in [0, 0.1) is 6.92 Å². The highest BCUT2D eigenvalue weighted by Gasteiger charge is 2.07. The summed E-state index contributed by atoms with van der Waals surface area (Å²) >= 11 is 3.38. The summed E-state index contributed by atoms with van der Waals surface area (Å²) in [6, 6.07) is 13.6. The molecule has 3 aromatic rings. The first kappa shape index (κ1) is 15.6. The van der Waals surface area contributed by atoms with Crippen LogP contribution in [0.15, 0.2) is 56.8 Å². The van der Waals surface area contributed by atoms with E-state index in [-0.39, 0.29) is 5.56 Å². The van der Waals surface area contributed by atoms with Gasteiger partial charge < -0.3 is 0 Å². The normalized spacial score (nSPS) is 11.4. The molecule has 0 aliphatic rings. The van der Waals surface area contributed by atoms with Crippen molar-refractivity contribution >= 4 is 33.0 Å². The van der Waals surface area contributed by atoms with Crippen LogP contribution in [0.25, 0.3) is 10.9 Å². The average molecular weight is 370 g/mol. The summed E-state index contributed by atoms with van der Waals surface area (Å²) in [4.78, 5) is 17.1. The van der Waals surface area contributed by atoms with Gasteiger partial charge in [0.1, 0.15) is 5.82 Å². The number of fused-ring (bicyclic) bond motifs is 1. The van der Waals surface area contributed by atoms with E-state index in [0.717, 1.165) is 16.5 Å². The number of hydrogen-bond acceptors (Lipinski definition) is 3. The van der Waals surface area contributed by atoms with E-state index in [4.69, 9.17) is 0 Å². The smallest absolute Gasteiger partial charge is 0.267 e. The number of nitrogens with zero attached hydrogens (tertiary/aromatic N) is 3. The average Bonchev–Trinajstić information content (AvgIpc) is 2.56. The van der Waals surface area contributed by atoms with Crippen LogP contribution < -0.4 is 5.56 Å².